The van der Waals surface area contributed by atoms with Crippen molar-refractivity contribution in [1.82, 2.24) is 24.6 Å². The normalized spacial score (nSPS) is 15.6. The van der Waals surface area contributed by atoms with Gasteiger partial charge in [0, 0.05) is 56.6 Å². The summed E-state index contributed by atoms with van der Waals surface area (Å²) >= 11 is 0. The Hall–Kier alpha value is -2.79. The molecule has 8 nitrogen and oxygen atoms in total. The van der Waals surface area contributed by atoms with Gasteiger partial charge in [0.15, 0.2) is 11.5 Å². The summed E-state index contributed by atoms with van der Waals surface area (Å²) < 4.78 is 1.56. The van der Waals surface area contributed by atoms with E-state index in [2.05, 4.69) is 51.7 Å². The average molecular weight is 367 g/mol. The molecule has 1 fully saturated rings. The lowest BCUT2D eigenvalue weighted by Gasteiger charge is -2.35. The van der Waals surface area contributed by atoms with Gasteiger partial charge in [-0.1, -0.05) is 20.8 Å². The van der Waals surface area contributed by atoms with Crippen molar-refractivity contribution in [2.45, 2.75) is 32.7 Å². The van der Waals surface area contributed by atoms with Crippen LogP contribution >= 0.6 is 0 Å². The maximum absolute atomic E-state index is 12.1. The maximum atomic E-state index is 12.1. The molecule has 0 atom stereocenters. The fourth-order valence-electron chi connectivity index (χ4n) is 3.07. The number of piperazine rings is 1. The van der Waals surface area contributed by atoms with E-state index in [1.807, 2.05) is 6.07 Å². The van der Waals surface area contributed by atoms with Gasteiger partial charge >= 0.3 is 0 Å². The Balaban J connectivity index is 1.59. The van der Waals surface area contributed by atoms with Crippen LogP contribution in [-0.4, -0.2) is 57.4 Å². The third-order valence-electron chi connectivity index (χ3n) is 4.72. The molecular formula is C19H25N7O. The molecule has 2 aromatic rings. The minimum Gasteiger partial charge on any atom is -0.352 e. The summed E-state index contributed by atoms with van der Waals surface area (Å²) in [7, 11) is 0. The number of aromatic nitrogens is 4. The number of nitriles is 1. The van der Waals surface area contributed by atoms with Crippen LogP contribution in [-0.2, 0) is 12.0 Å². The van der Waals surface area contributed by atoms with E-state index in [-0.39, 0.29) is 11.0 Å². The molecule has 142 valence electrons. The van der Waals surface area contributed by atoms with Crippen LogP contribution in [0.15, 0.2) is 29.3 Å². The number of hydrogen-bond donors (Lipinski definition) is 0. The highest BCUT2D eigenvalue weighted by Crippen LogP contribution is 2.18. The molecule has 0 N–H and O–H groups in total. The lowest BCUT2D eigenvalue weighted by atomic mass is 9.92. The van der Waals surface area contributed by atoms with Gasteiger partial charge in [-0.05, 0) is 6.07 Å². The molecule has 1 aliphatic rings. The largest absolute Gasteiger partial charge is 0.352 e. The Bertz CT molecular complexity index is 886. The topological polar surface area (TPSA) is 90.9 Å². The smallest absolute Gasteiger partial charge is 0.266 e. The standard InChI is InChI=1S/C19H25N7O/c1-19(2,3)16-4-5-17(27)26(23-16)13-10-24-8-11-25(12-9-24)18-15(14-20)21-6-7-22-18/h4-7H,8-13H2,1-3H3. The third-order valence-corrected chi connectivity index (χ3v) is 4.72. The van der Waals surface area contributed by atoms with Gasteiger partial charge in [-0.15, -0.1) is 0 Å². The molecule has 3 heterocycles. The second-order valence-electron chi connectivity index (χ2n) is 7.70. The Kier molecular flexibility index (Phi) is 5.51. The molecule has 8 heteroatoms. The SMILES string of the molecule is CC(C)(C)c1ccc(=O)n(CCN2CCN(c3nccnc3C#N)CC2)n1. The Morgan fingerprint density at radius 1 is 1.07 bits per heavy atom. The van der Waals surface area contributed by atoms with Crippen LogP contribution in [0.25, 0.3) is 0 Å². The number of hydrogen-bond acceptors (Lipinski definition) is 7. The van der Waals surface area contributed by atoms with Crippen molar-refractivity contribution in [3.8, 4) is 6.07 Å². The molecule has 1 aliphatic heterocycles. The summed E-state index contributed by atoms with van der Waals surface area (Å²) in [4.78, 5) is 24.9. The number of rotatable bonds is 4. The van der Waals surface area contributed by atoms with Gasteiger partial charge in [-0.2, -0.15) is 10.4 Å². The van der Waals surface area contributed by atoms with Crippen LogP contribution in [0.5, 0.6) is 0 Å². The molecule has 0 saturated carbocycles. The third kappa shape index (κ3) is 4.49. The predicted octanol–water partition coefficient (Wildman–Crippen LogP) is 1.02. The van der Waals surface area contributed by atoms with Gasteiger partial charge in [-0.3, -0.25) is 9.69 Å². The van der Waals surface area contributed by atoms with Crippen LogP contribution in [0.3, 0.4) is 0 Å². The molecule has 1 saturated heterocycles. The molecule has 0 unspecified atom stereocenters. The summed E-state index contributed by atoms with van der Waals surface area (Å²) in [5, 5.41) is 13.7. The first kappa shape index (κ1) is 19.0. The van der Waals surface area contributed by atoms with E-state index in [0.717, 1.165) is 38.4 Å². The van der Waals surface area contributed by atoms with Crippen LogP contribution in [0.2, 0.25) is 0 Å². The monoisotopic (exact) mass is 367 g/mol. The van der Waals surface area contributed by atoms with Crippen molar-refractivity contribution in [2.75, 3.05) is 37.6 Å². The van der Waals surface area contributed by atoms with E-state index >= 15 is 0 Å². The van der Waals surface area contributed by atoms with Crippen molar-refractivity contribution in [1.29, 1.82) is 5.26 Å². The van der Waals surface area contributed by atoms with E-state index in [0.29, 0.717) is 18.1 Å². The van der Waals surface area contributed by atoms with Crippen molar-refractivity contribution in [2.24, 2.45) is 0 Å². The number of anilines is 1. The summed E-state index contributed by atoms with van der Waals surface area (Å²) in [6.07, 6.45) is 3.15. The molecule has 3 rings (SSSR count). The average Bonchev–Trinajstić information content (AvgIpc) is 2.67. The van der Waals surface area contributed by atoms with E-state index in [1.54, 1.807) is 16.9 Å². The van der Waals surface area contributed by atoms with Gasteiger partial charge in [-0.25, -0.2) is 14.6 Å². The fourth-order valence-corrected chi connectivity index (χ4v) is 3.07. The Morgan fingerprint density at radius 3 is 2.44 bits per heavy atom. The van der Waals surface area contributed by atoms with Gasteiger partial charge in [0.05, 0.1) is 12.2 Å². The van der Waals surface area contributed by atoms with Crippen molar-refractivity contribution < 1.29 is 0 Å². The minimum absolute atomic E-state index is 0.0696. The highest BCUT2D eigenvalue weighted by Gasteiger charge is 2.21. The molecule has 0 aliphatic carbocycles. The Morgan fingerprint density at radius 2 is 1.78 bits per heavy atom. The highest BCUT2D eigenvalue weighted by molar-refractivity contribution is 5.49. The van der Waals surface area contributed by atoms with Crippen LogP contribution in [0, 0.1) is 11.3 Å². The van der Waals surface area contributed by atoms with Crippen molar-refractivity contribution in [3.05, 3.63) is 46.3 Å². The van der Waals surface area contributed by atoms with Crippen LogP contribution in [0.1, 0.15) is 32.2 Å². The summed E-state index contributed by atoms with van der Waals surface area (Å²) in [5.41, 5.74) is 1.12. The lowest BCUT2D eigenvalue weighted by Crippen LogP contribution is -2.48. The lowest BCUT2D eigenvalue weighted by molar-refractivity contribution is 0.241. The molecule has 2 aromatic heterocycles. The molecule has 0 aromatic carbocycles. The van der Waals surface area contributed by atoms with Gasteiger partial charge < -0.3 is 4.90 Å². The fraction of sp³-hybridized carbons (Fsp3) is 0.526. The molecule has 0 spiro atoms. The van der Waals surface area contributed by atoms with Gasteiger partial charge in [0.2, 0.25) is 0 Å². The summed E-state index contributed by atoms with van der Waals surface area (Å²) in [5.74, 6) is 0.649. The van der Waals surface area contributed by atoms with E-state index in [4.69, 9.17) is 0 Å². The maximum Gasteiger partial charge on any atom is 0.266 e. The number of nitrogens with zero attached hydrogens (tertiary/aromatic N) is 7. The van der Waals surface area contributed by atoms with Gasteiger partial charge in [0.1, 0.15) is 6.07 Å². The molecular weight excluding hydrogens is 342 g/mol. The second-order valence-corrected chi connectivity index (χ2v) is 7.70. The zero-order chi connectivity index (χ0) is 19.4. The van der Waals surface area contributed by atoms with E-state index in [1.165, 1.54) is 6.20 Å². The van der Waals surface area contributed by atoms with Crippen LogP contribution in [0.4, 0.5) is 5.82 Å². The molecule has 0 bridgehead atoms. The second kappa shape index (κ2) is 7.84. The first-order chi connectivity index (χ1) is 12.9. The minimum atomic E-state index is -0.0871. The first-order valence-corrected chi connectivity index (χ1v) is 9.15. The molecule has 27 heavy (non-hydrogen) atoms. The summed E-state index contributed by atoms with van der Waals surface area (Å²) in [6, 6.07) is 5.51. The first-order valence-electron chi connectivity index (χ1n) is 9.15. The van der Waals surface area contributed by atoms with E-state index in [9.17, 15) is 10.1 Å². The van der Waals surface area contributed by atoms with Gasteiger partial charge in [0.25, 0.3) is 5.56 Å². The zero-order valence-corrected chi connectivity index (χ0v) is 16.1. The molecule has 0 amide bonds. The van der Waals surface area contributed by atoms with Crippen molar-refractivity contribution >= 4 is 5.82 Å². The van der Waals surface area contributed by atoms with Crippen molar-refractivity contribution in [3.63, 3.8) is 0 Å². The van der Waals surface area contributed by atoms with E-state index < -0.39 is 0 Å². The summed E-state index contributed by atoms with van der Waals surface area (Å²) in [6.45, 7) is 10.8. The predicted molar refractivity (Wildman–Crippen MR) is 103 cm³/mol. The Labute approximate surface area is 159 Å². The highest BCUT2D eigenvalue weighted by atomic mass is 16.1. The zero-order valence-electron chi connectivity index (χ0n) is 16.1. The quantitative estimate of drug-likeness (QED) is 0.797. The van der Waals surface area contributed by atoms with Crippen LogP contribution < -0.4 is 10.5 Å². The molecule has 0 radical (unpaired) electrons.